The van der Waals surface area contributed by atoms with E-state index >= 15 is 0 Å². The number of alkyl halides is 3. The number of carbonyl (C=O) groups is 3. The quantitative estimate of drug-likeness (QED) is 0.410. The Labute approximate surface area is 296 Å². The molecule has 1 spiro atoms. The lowest BCUT2D eigenvalue weighted by molar-refractivity contribution is -0.142. The summed E-state index contributed by atoms with van der Waals surface area (Å²) in [6, 6.07) is 10.4. The number of ether oxygens (including phenoxy) is 1. The maximum atomic E-state index is 14.1. The van der Waals surface area contributed by atoms with Gasteiger partial charge in [0, 0.05) is 76.3 Å². The molecule has 2 N–H and O–H groups in total. The first-order chi connectivity index (χ1) is 23.9. The SMILES string of the molecule is CNc1c(Cl)cc(C[C@@H](OC(=O)N2CCC3(CC2)CC(=O)Nc2ccccc23)C(=O)N2CCC(N3CCCN(C)CC3)CC2)cc1C(F)(F)F. The van der Waals surface area contributed by atoms with E-state index in [-0.39, 0.29) is 28.6 Å². The number of likely N-dealkylation sites (tertiary alicyclic amines) is 2. The fourth-order valence-electron chi connectivity index (χ4n) is 8.15. The molecule has 1 atom stereocenters. The van der Waals surface area contributed by atoms with E-state index in [0.29, 0.717) is 51.5 Å². The summed E-state index contributed by atoms with van der Waals surface area (Å²) in [7, 11) is 3.48. The average molecular weight is 719 g/mol. The fraction of sp³-hybridized carbons (Fsp3) is 0.583. The first kappa shape index (κ1) is 36.2. The minimum atomic E-state index is -4.70. The summed E-state index contributed by atoms with van der Waals surface area (Å²) in [6.45, 7) is 5.54. The summed E-state index contributed by atoms with van der Waals surface area (Å²) in [5, 5.41) is 5.31. The number of fused-ring (bicyclic) bond motifs is 2. The monoisotopic (exact) mass is 718 g/mol. The van der Waals surface area contributed by atoms with Gasteiger partial charge in [-0.2, -0.15) is 13.2 Å². The number of amides is 3. The number of halogens is 4. The van der Waals surface area contributed by atoms with Crippen LogP contribution in [0.15, 0.2) is 36.4 Å². The zero-order chi connectivity index (χ0) is 35.6. The summed E-state index contributed by atoms with van der Waals surface area (Å²) in [5.41, 5.74) is 0.320. The van der Waals surface area contributed by atoms with Crippen molar-refractivity contribution in [3.8, 4) is 0 Å². The molecule has 0 aliphatic carbocycles. The van der Waals surface area contributed by atoms with Crippen molar-refractivity contribution in [3.63, 3.8) is 0 Å². The number of nitrogens with one attached hydrogen (secondary N) is 2. The molecule has 272 valence electrons. The maximum Gasteiger partial charge on any atom is 0.418 e. The van der Waals surface area contributed by atoms with Gasteiger partial charge < -0.3 is 30.1 Å². The number of hydrogen-bond acceptors (Lipinski definition) is 7. The van der Waals surface area contributed by atoms with Crippen LogP contribution in [0.1, 0.15) is 55.2 Å². The van der Waals surface area contributed by atoms with Crippen molar-refractivity contribution in [2.24, 2.45) is 0 Å². The van der Waals surface area contributed by atoms with Crippen LogP contribution in [0, 0.1) is 0 Å². The van der Waals surface area contributed by atoms with Gasteiger partial charge in [-0.25, -0.2) is 4.79 Å². The number of piperidine rings is 2. The molecule has 6 rings (SSSR count). The zero-order valence-electron chi connectivity index (χ0n) is 28.7. The lowest BCUT2D eigenvalue weighted by Crippen LogP contribution is -2.52. The first-order valence-corrected chi connectivity index (χ1v) is 17.9. The number of nitrogens with zero attached hydrogens (tertiary/aromatic N) is 4. The Bertz CT molecular complexity index is 1580. The third-order valence-corrected chi connectivity index (χ3v) is 11.2. The van der Waals surface area contributed by atoms with E-state index in [2.05, 4.69) is 27.5 Å². The summed E-state index contributed by atoms with van der Waals surface area (Å²) in [5.74, 6) is -0.500. The number of carbonyl (C=O) groups excluding carboxylic acids is 3. The van der Waals surface area contributed by atoms with Gasteiger partial charge in [-0.1, -0.05) is 29.8 Å². The van der Waals surface area contributed by atoms with Crippen molar-refractivity contribution in [1.29, 1.82) is 0 Å². The molecule has 50 heavy (non-hydrogen) atoms. The van der Waals surface area contributed by atoms with Gasteiger partial charge in [0.1, 0.15) is 0 Å². The Balaban J connectivity index is 1.18. The van der Waals surface area contributed by atoms with E-state index in [1.54, 1.807) is 4.90 Å². The van der Waals surface area contributed by atoms with Crippen LogP contribution in [0.2, 0.25) is 5.02 Å². The molecule has 0 bridgehead atoms. The molecule has 4 aliphatic rings. The molecule has 10 nitrogen and oxygen atoms in total. The molecular weight excluding hydrogens is 673 g/mol. The van der Waals surface area contributed by atoms with Crippen LogP contribution in [0.3, 0.4) is 0 Å². The van der Waals surface area contributed by atoms with E-state index in [1.165, 1.54) is 18.0 Å². The van der Waals surface area contributed by atoms with Crippen molar-refractivity contribution in [3.05, 3.63) is 58.1 Å². The Morgan fingerprint density at radius 2 is 1.74 bits per heavy atom. The highest BCUT2D eigenvalue weighted by atomic mass is 35.5. The van der Waals surface area contributed by atoms with Crippen LogP contribution < -0.4 is 10.6 Å². The van der Waals surface area contributed by atoms with Gasteiger partial charge in [0.2, 0.25) is 5.91 Å². The van der Waals surface area contributed by atoms with E-state index in [1.807, 2.05) is 24.3 Å². The van der Waals surface area contributed by atoms with E-state index < -0.39 is 35.3 Å². The molecule has 0 radical (unpaired) electrons. The lowest BCUT2D eigenvalue weighted by atomic mass is 9.68. The Morgan fingerprint density at radius 1 is 1.02 bits per heavy atom. The molecule has 0 aromatic heterocycles. The van der Waals surface area contributed by atoms with Crippen LogP contribution in [-0.4, -0.2) is 116 Å². The van der Waals surface area contributed by atoms with Gasteiger partial charge >= 0.3 is 12.3 Å². The number of anilines is 2. The van der Waals surface area contributed by atoms with E-state index in [4.69, 9.17) is 16.3 Å². The van der Waals surface area contributed by atoms with Gasteiger partial charge in [-0.05, 0) is 81.6 Å². The Morgan fingerprint density at radius 3 is 2.44 bits per heavy atom. The molecule has 3 fully saturated rings. The van der Waals surface area contributed by atoms with Crippen molar-refractivity contribution in [2.45, 2.75) is 68.7 Å². The van der Waals surface area contributed by atoms with Crippen LogP contribution in [-0.2, 0) is 32.3 Å². The highest BCUT2D eigenvalue weighted by Crippen LogP contribution is 2.45. The van der Waals surface area contributed by atoms with Gasteiger partial charge in [0.25, 0.3) is 5.91 Å². The Kier molecular flexibility index (Phi) is 10.9. The summed E-state index contributed by atoms with van der Waals surface area (Å²) in [4.78, 5) is 48.4. The van der Waals surface area contributed by atoms with Crippen molar-refractivity contribution < 1.29 is 32.3 Å². The first-order valence-electron chi connectivity index (χ1n) is 17.5. The second-order valence-electron chi connectivity index (χ2n) is 14.1. The van der Waals surface area contributed by atoms with E-state index in [0.717, 1.165) is 62.8 Å². The minimum Gasteiger partial charge on any atom is -0.436 e. The third kappa shape index (κ3) is 7.84. The zero-order valence-corrected chi connectivity index (χ0v) is 29.4. The molecule has 3 amide bonds. The maximum absolute atomic E-state index is 14.1. The lowest BCUT2D eigenvalue weighted by Gasteiger charge is -2.44. The third-order valence-electron chi connectivity index (χ3n) is 10.9. The molecule has 2 aromatic rings. The van der Waals surface area contributed by atoms with Gasteiger partial charge in [0.15, 0.2) is 6.10 Å². The topological polar surface area (TPSA) is 97.5 Å². The van der Waals surface area contributed by atoms with Crippen molar-refractivity contribution in [2.75, 3.05) is 77.1 Å². The molecular formula is C36H46ClF3N6O4. The predicted molar refractivity (Wildman–Crippen MR) is 185 cm³/mol. The number of hydrogen-bond donors (Lipinski definition) is 2. The molecule has 0 saturated carbocycles. The molecule has 0 unspecified atom stereocenters. The number of likely N-dealkylation sites (N-methyl/N-ethyl adjacent to an activating group) is 1. The normalized spacial score (nSPS) is 21.3. The molecule has 2 aromatic carbocycles. The van der Waals surface area contributed by atoms with Gasteiger partial charge in [0.05, 0.1) is 16.3 Å². The summed E-state index contributed by atoms with van der Waals surface area (Å²) >= 11 is 6.30. The highest BCUT2D eigenvalue weighted by Gasteiger charge is 2.44. The highest BCUT2D eigenvalue weighted by molar-refractivity contribution is 6.33. The predicted octanol–water partition coefficient (Wildman–Crippen LogP) is 5.45. The second-order valence-corrected chi connectivity index (χ2v) is 14.5. The van der Waals surface area contributed by atoms with Crippen LogP contribution in [0.4, 0.5) is 29.3 Å². The average Bonchev–Trinajstić information content (AvgIpc) is 3.31. The van der Waals surface area contributed by atoms with E-state index in [9.17, 15) is 27.6 Å². The summed E-state index contributed by atoms with van der Waals surface area (Å²) in [6.07, 6.45) is -3.03. The Hall–Kier alpha value is -3.55. The molecule has 4 heterocycles. The van der Waals surface area contributed by atoms with Gasteiger partial charge in [-0.3, -0.25) is 14.5 Å². The van der Waals surface area contributed by atoms with Crippen LogP contribution in [0.25, 0.3) is 0 Å². The van der Waals surface area contributed by atoms with Crippen molar-refractivity contribution >= 4 is 40.9 Å². The van der Waals surface area contributed by atoms with Gasteiger partial charge in [-0.15, -0.1) is 0 Å². The fourth-order valence-corrected chi connectivity index (χ4v) is 8.49. The standard InChI is InChI=1S/C36H46ClF3N6O4/c1-41-32-27(36(38,39)40)20-24(21-28(32)37)22-30(33(48)45-14-8-25(9-15-45)44-13-5-12-43(2)18-19-44)50-34(49)46-16-10-35(11-17-46)23-31(47)42-29-7-4-3-6-26(29)35/h3-4,6-7,20-21,25,30,41H,5,8-19,22-23H2,1-2H3,(H,42,47)/t30-/m1/s1. The molecule has 4 aliphatic heterocycles. The molecule has 14 heteroatoms. The second kappa shape index (κ2) is 15.0. The smallest absolute Gasteiger partial charge is 0.418 e. The largest absolute Gasteiger partial charge is 0.436 e. The summed E-state index contributed by atoms with van der Waals surface area (Å²) < 4.78 is 48.1. The van der Waals surface area contributed by atoms with Crippen LogP contribution in [0.5, 0.6) is 0 Å². The number of rotatable bonds is 6. The van der Waals surface area contributed by atoms with Crippen molar-refractivity contribution in [1.82, 2.24) is 19.6 Å². The number of benzene rings is 2. The van der Waals surface area contributed by atoms with Crippen LogP contribution >= 0.6 is 11.6 Å². The number of para-hydroxylation sites is 1. The minimum absolute atomic E-state index is 0.0708. The molecule has 3 saturated heterocycles.